The van der Waals surface area contributed by atoms with Crippen LogP contribution in [0.3, 0.4) is 0 Å². The number of anilines is 1. The van der Waals surface area contributed by atoms with Crippen molar-refractivity contribution >= 4 is 27.2 Å². The first-order valence-corrected chi connectivity index (χ1v) is 8.27. The first-order chi connectivity index (χ1) is 9.56. The summed E-state index contributed by atoms with van der Waals surface area (Å²) in [6, 6.07) is 5.17. The molecule has 2 heterocycles. The van der Waals surface area contributed by atoms with E-state index in [-0.39, 0.29) is 13.5 Å². The molecule has 2 atom stereocenters. The van der Waals surface area contributed by atoms with Gasteiger partial charge in [-0.25, -0.2) is 4.98 Å². The Bertz CT molecular complexity index is 591. The van der Waals surface area contributed by atoms with Gasteiger partial charge in [-0.05, 0) is 38.8 Å². The van der Waals surface area contributed by atoms with Crippen LogP contribution < -0.4 is 10.6 Å². The zero-order valence-electron chi connectivity index (χ0n) is 13.1. The molecule has 1 aliphatic rings. The number of benzene rings is 1. The SMILES string of the molecule is C.CC.Cc1nc2c(N3C[C@@H](N)C[C@H]3C)c(C)ccc2s1. The average molecular weight is 308 g/mol. The van der Waals surface area contributed by atoms with Crippen LogP contribution in [-0.2, 0) is 0 Å². The van der Waals surface area contributed by atoms with Gasteiger partial charge in [0.2, 0.25) is 0 Å². The maximum atomic E-state index is 6.09. The molecule has 0 saturated carbocycles. The fraction of sp³-hybridized carbons (Fsp3) is 0.588. The minimum absolute atomic E-state index is 0. The maximum Gasteiger partial charge on any atom is 0.105 e. The van der Waals surface area contributed by atoms with E-state index < -0.39 is 0 Å². The molecule has 1 fully saturated rings. The molecule has 0 radical (unpaired) electrons. The summed E-state index contributed by atoms with van der Waals surface area (Å²) in [6.07, 6.45) is 1.07. The van der Waals surface area contributed by atoms with Crippen LogP contribution in [0, 0.1) is 13.8 Å². The van der Waals surface area contributed by atoms with Crippen molar-refractivity contribution in [2.24, 2.45) is 5.73 Å². The van der Waals surface area contributed by atoms with Crippen molar-refractivity contribution in [3.8, 4) is 0 Å². The molecule has 1 aliphatic heterocycles. The lowest BCUT2D eigenvalue weighted by Crippen LogP contribution is -2.29. The third-order valence-corrected chi connectivity index (χ3v) is 4.67. The number of hydrogen-bond donors (Lipinski definition) is 1. The standard InChI is InChI=1S/C14H19N3S.C2H6.CH4/c1-8-4-5-12-13(16-10(3)18-12)14(8)17-7-11(15)6-9(17)2;1-2;/h4-5,9,11H,6-7,15H2,1-3H3;1-2H3;1H4/t9-,11+;;/m1../s1. The lowest BCUT2D eigenvalue weighted by atomic mass is 10.1. The summed E-state index contributed by atoms with van der Waals surface area (Å²) in [5.41, 5.74) is 9.83. The summed E-state index contributed by atoms with van der Waals surface area (Å²) in [5, 5.41) is 1.13. The van der Waals surface area contributed by atoms with Crippen LogP contribution in [-0.4, -0.2) is 23.6 Å². The number of hydrogen-bond acceptors (Lipinski definition) is 4. The van der Waals surface area contributed by atoms with Gasteiger partial charge in [0.1, 0.15) is 5.52 Å². The first-order valence-electron chi connectivity index (χ1n) is 7.45. The molecule has 0 amide bonds. The van der Waals surface area contributed by atoms with Crippen molar-refractivity contribution in [1.29, 1.82) is 0 Å². The molecule has 3 nitrogen and oxygen atoms in total. The third kappa shape index (κ3) is 3.38. The zero-order valence-corrected chi connectivity index (χ0v) is 13.9. The molecule has 1 aromatic heterocycles. The number of fused-ring (bicyclic) bond motifs is 1. The van der Waals surface area contributed by atoms with Gasteiger partial charge in [0.15, 0.2) is 0 Å². The summed E-state index contributed by atoms with van der Waals surface area (Å²) in [6.45, 7) is 11.4. The highest BCUT2D eigenvalue weighted by Crippen LogP contribution is 2.36. The van der Waals surface area contributed by atoms with Crippen molar-refractivity contribution in [1.82, 2.24) is 4.98 Å². The summed E-state index contributed by atoms with van der Waals surface area (Å²) in [7, 11) is 0. The normalized spacial score (nSPS) is 21.0. The van der Waals surface area contributed by atoms with Crippen LogP contribution in [0.1, 0.15) is 45.2 Å². The summed E-state index contributed by atoms with van der Waals surface area (Å²) >= 11 is 1.77. The molecule has 3 rings (SSSR count). The topological polar surface area (TPSA) is 42.2 Å². The molecule has 1 saturated heterocycles. The molecule has 2 aromatic rings. The second-order valence-corrected chi connectivity index (χ2v) is 6.54. The number of nitrogens with zero attached hydrogens (tertiary/aromatic N) is 2. The molecule has 118 valence electrons. The van der Waals surface area contributed by atoms with Crippen molar-refractivity contribution in [3.05, 3.63) is 22.7 Å². The zero-order chi connectivity index (χ0) is 14.9. The Morgan fingerprint density at radius 2 is 1.95 bits per heavy atom. The molecule has 0 spiro atoms. The van der Waals surface area contributed by atoms with E-state index in [0.29, 0.717) is 6.04 Å². The van der Waals surface area contributed by atoms with Crippen LogP contribution in [0.15, 0.2) is 12.1 Å². The average Bonchev–Trinajstić information content (AvgIpc) is 2.94. The fourth-order valence-electron chi connectivity index (χ4n) is 2.94. The van der Waals surface area contributed by atoms with Gasteiger partial charge in [-0.3, -0.25) is 0 Å². The monoisotopic (exact) mass is 307 g/mol. The van der Waals surface area contributed by atoms with Crippen molar-refractivity contribution in [2.45, 2.75) is 60.5 Å². The summed E-state index contributed by atoms with van der Waals surface area (Å²) in [4.78, 5) is 7.15. The quantitative estimate of drug-likeness (QED) is 0.843. The minimum Gasteiger partial charge on any atom is -0.365 e. The molecule has 1 aromatic carbocycles. The van der Waals surface area contributed by atoms with Gasteiger partial charge in [-0.1, -0.05) is 27.3 Å². The Hall–Kier alpha value is -1.13. The second kappa shape index (κ2) is 7.23. The van der Waals surface area contributed by atoms with Crippen molar-refractivity contribution < 1.29 is 0 Å². The highest BCUT2D eigenvalue weighted by Gasteiger charge is 2.29. The van der Waals surface area contributed by atoms with E-state index in [1.165, 1.54) is 16.0 Å². The number of nitrogens with two attached hydrogens (primary N) is 1. The highest BCUT2D eigenvalue weighted by atomic mass is 32.1. The first kappa shape index (κ1) is 17.9. The molecule has 0 unspecified atom stereocenters. The van der Waals surface area contributed by atoms with E-state index in [2.05, 4.69) is 37.8 Å². The summed E-state index contributed by atoms with van der Waals surface area (Å²) in [5.74, 6) is 0. The van der Waals surface area contributed by atoms with Crippen LogP contribution in [0.4, 0.5) is 5.69 Å². The maximum absolute atomic E-state index is 6.09. The Labute approximate surface area is 133 Å². The van der Waals surface area contributed by atoms with Crippen molar-refractivity contribution in [2.75, 3.05) is 11.4 Å². The minimum atomic E-state index is 0. The van der Waals surface area contributed by atoms with Gasteiger partial charge < -0.3 is 10.6 Å². The van der Waals surface area contributed by atoms with Gasteiger partial charge in [0.05, 0.1) is 15.4 Å². The highest BCUT2D eigenvalue weighted by molar-refractivity contribution is 7.18. The van der Waals surface area contributed by atoms with Gasteiger partial charge in [0, 0.05) is 18.6 Å². The fourth-order valence-corrected chi connectivity index (χ4v) is 3.77. The Kier molecular flexibility index (Phi) is 6.17. The smallest absolute Gasteiger partial charge is 0.105 e. The van der Waals surface area contributed by atoms with E-state index in [9.17, 15) is 0 Å². The van der Waals surface area contributed by atoms with E-state index >= 15 is 0 Å². The molecule has 2 N–H and O–H groups in total. The van der Waals surface area contributed by atoms with Crippen LogP contribution >= 0.6 is 11.3 Å². The predicted molar refractivity (Wildman–Crippen MR) is 96.6 cm³/mol. The number of rotatable bonds is 1. The van der Waals surface area contributed by atoms with Gasteiger partial charge >= 0.3 is 0 Å². The predicted octanol–water partition coefficient (Wildman–Crippen LogP) is 4.50. The summed E-state index contributed by atoms with van der Waals surface area (Å²) < 4.78 is 1.28. The van der Waals surface area contributed by atoms with Gasteiger partial charge in [0.25, 0.3) is 0 Å². The third-order valence-electron chi connectivity index (χ3n) is 3.74. The second-order valence-electron chi connectivity index (χ2n) is 5.31. The lowest BCUT2D eigenvalue weighted by Gasteiger charge is -2.25. The number of aryl methyl sites for hydroxylation is 2. The Morgan fingerprint density at radius 3 is 2.52 bits per heavy atom. The Morgan fingerprint density at radius 1 is 1.29 bits per heavy atom. The number of thiazole rings is 1. The van der Waals surface area contributed by atoms with Crippen LogP contribution in [0.5, 0.6) is 0 Å². The number of aromatic nitrogens is 1. The van der Waals surface area contributed by atoms with Crippen molar-refractivity contribution in [3.63, 3.8) is 0 Å². The molecular formula is C17H29N3S. The van der Waals surface area contributed by atoms with E-state index in [1.54, 1.807) is 11.3 Å². The van der Waals surface area contributed by atoms with E-state index in [4.69, 9.17) is 10.7 Å². The van der Waals surface area contributed by atoms with Crippen LogP contribution in [0.2, 0.25) is 0 Å². The molecule has 0 bridgehead atoms. The van der Waals surface area contributed by atoms with Gasteiger partial charge in [-0.15, -0.1) is 11.3 Å². The molecule has 0 aliphatic carbocycles. The Balaban J connectivity index is 0.000000706. The lowest BCUT2D eigenvalue weighted by molar-refractivity contribution is 0.690. The molecule has 4 heteroatoms. The van der Waals surface area contributed by atoms with E-state index in [1.807, 2.05) is 13.8 Å². The van der Waals surface area contributed by atoms with Gasteiger partial charge in [-0.2, -0.15) is 0 Å². The molecular weight excluding hydrogens is 278 g/mol. The van der Waals surface area contributed by atoms with E-state index in [0.717, 1.165) is 23.5 Å². The van der Waals surface area contributed by atoms with Crippen LogP contribution in [0.25, 0.3) is 10.2 Å². The molecule has 21 heavy (non-hydrogen) atoms. The largest absolute Gasteiger partial charge is 0.365 e.